The number of halogens is 1. The van der Waals surface area contributed by atoms with Gasteiger partial charge in [0.2, 0.25) is 0 Å². The highest BCUT2D eigenvalue weighted by Crippen LogP contribution is 2.25. The highest BCUT2D eigenvalue weighted by atomic mass is 79.9. The van der Waals surface area contributed by atoms with E-state index in [4.69, 9.17) is 10.6 Å². The van der Waals surface area contributed by atoms with Crippen LogP contribution < -0.4 is 11.3 Å². The first-order valence-corrected chi connectivity index (χ1v) is 6.83. The Morgan fingerprint density at radius 1 is 1.56 bits per heavy atom. The summed E-state index contributed by atoms with van der Waals surface area (Å²) in [5.74, 6) is 5.58. The molecule has 3 N–H and O–H groups in total. The third-order valence-corrected chi connectivity index (χ3v) is 4.25. The molecule has 0 aliphatic rings. The fourth-order valence-electron chi connectivity index (χ4n) is 1.57. The van der Waals surface area contributed by atoms with Crippen molar-refractivity contribution in [2.24, 2.45) is 5.84 Å². The zero-order valence-corrected chi connectivity index (χ0v) is 12.3. The molecular formula is C11H19BrN2OS. The average molecular weight is 307 g/mol. The Morgan fingerprint density at radius 3 is 2.69 bits per heavy atom. The first kappa shape index (κ1) is 14.1. The topological polar surface area (TPSA) is 47.3 Å². The normalized spacial score (nSPS) is 14.1. The van der Waals surface area contributed by atoms with Crippen LogP contribution in [0.4, 0.5) is 0 Å². The van der Waals surface area contributed by atoms with E-state index < -0.39 is 0 Å². The van der Waals surface area contributed by atoms with Crippen molar-refractivity contribution in [3.8, 4) is 0 Å². The van der Waals surface area contributed by atoms with Crippen LogP contribution in [0.25, 0.3) is 0 Å². The second-order valence-electron chi connectivity index (χ2n) is 4.44. The Kier molecular flexibility index (Phi) is 5.40. The van der Waals surface area contributed by atoms with Gasteiger partial charge in [0.25, 0.3) is 0 Å². The number of methoxy groups -OCH3 is 1. The molecule has 0 aliphatic carbocycles. The first-order valence-electron chi connectivity index (χ1n) is 5.22. The first-order chi connectivity index (χ1) is 7.46. The van der Waals surface area contributed by atoms with Crippen molar-refractivity contribution in [2.75, 3.05) is 7.11 Å². The zero-order chi connectivity index (χ0) is 12.2. The van der Waals surface area contributed by atoms with E-state index in [-0.39, 0.29) is 11.6 Å². The molecule has 0 radical (unpaired) electrons. The van der Waals surface area contributed by atoms with Crippen molar-refractivity contribution in [1.29, 1.82) is 0 Å². The molecule has 5 heteroatoms. The van der Waals surface area contributed by atoms with Crippen LogP contribution in [0.1, 0.15) is 25.1 Å². The Bertz CT molecular complexity index is 328. The van der Waals surface area contributed by atoms with Gasteiger partial charge < -0.3 is 4.74 Å². The fraction of sp³-hybridized carbons (Fsp3) is 0.636. The van der Waals surface area contributed by atoms with E-state index >= 15 is 0 Å². The highest BCUT2D eigenvalue weighted by Gasteiger charge is 2.22. The quantitative estimate of drug-likeness (QED) is 0.627. The lowest BCUT2D eigenvalue weighted by molar-refractivity contribution is 0.00717. The standard InChI is InChI=1S/C11H19BrN2OS/c1-11(2,15-3)7-8(14-13)6-9-4-5-10(12)16-9/h4-5,8,14H,6-7,13H2,1-3H3. The Labute approximate surface area is 109 Å². The van der Waals surface area contributed by atoms with Crippen LogP contribution in [0.3, 0.4) is 0 Å². The molecule has 92 valence electrons. The number of ether oxygens (including phenoxy) is 1. The molecule has 1 aromatic heterocycles. The summed E-state index contributed by atoms with van der Waals surface area (Å²) < 4.78 is 6.57. The van der Waals surface area contributed by atoms with Crippen molar-refractivity contribution in [3.05, 3.63) is 20.8 Å². The van der Waals surface area contributed by atoms with Crippen molar-refractivity contribution >= 4 is 27.3 Å². The molecule has 1 unspecified atom stereocenters. The van der Waals surface area contributed by atoms with Gasteiger partial charge in [0.05, 0.1) is 9.39 Å². The largest absolute Gasteiger partial charge is 0.379 e. The third kappa shape index (κ3) is 4.51. The van der Waals surface area contributed by atoms with Crippen molar-refractivity contribution < 1.29 is 4.74 Å². The maximum atomic E-state index is 5.58. The van der Waals surface area contributed by atoms with Crippen LogP contribution >= 0.6 is 27.3 Å². The van der Waals surface area contributed by atoms with E-state index in [0.29, 0.717) is 0 Å². The minimum Gasteiger partial charge on any atom is -0.379 e. The number of nitrogens with one attached hydrogen (secondary N) is 1. The highest BCUT2D eigenvalue weighted by molar-refractivity contribution is 9.11. The molecule has 0 aliphatic heterocycles. The Hall–Kier alpha value is 0.0600. The van der Waals surface area contributed by atoms with Crippen LogP contribution in [0.2, 0.25) is 0 Å². The van der Waals surface area contributed by atoms with Gasteiger partial charge in [-0.25, -0.2) is 0 Å². The molecule has 0 saturated heterocycles. The summed E-state index contributed by atoms with van der Waals surface area (Å²) in [6.07, 6.45) is 1.81. The van der Waals surface area contributed by atoms with Crippen molar-refractivity contribution in [1.82, 2.24) is 5.43 Å². The lowest BCUT2D eigenvalue weighted by Gasteiger charge is -2.27. The maximum Gasteiger partial charge on any atom is 0.0701 e. The van der Waals surface area contributed by atoms with Gasteiger partial charge in [0, 0.05) is 18.0 Å². The lowest BCUT2D eigenvalue weighted by atomic mass is 9.97. The summed E-state index contributed by atoms with van der Waals surface area (Å²) in [5.41, 5.74) is 2.71. The van der Waals surface area contributed by atoms with E-state index in [1.807, 2.05) is 0 Å². The predicted molar refractivity (Wildman–Crippen MR) is 72.5 cm³/mol. The smallest absolute Gasteiger partial charge is 0.0701 e. The number of thiophene rings is 1. The molecule has 0 aromatic carbocycles. The second kappa shape index (κ2) is 6.12. The minimum absolute atomic E-state index is 0.147. The second-order valence-corrected chi connectivity index (χ2v) is 6.99. The van der Waals surface area contributed by atoms with Crippen LogP contribution in [0.5, 0.6) is 0 Å². The zero-order valence-electron chi connectivity index (χ0n) is 9.92. The molecule has 0 fully saturated rings. The van der Waals surface area contributed by atoms with E-state index in [0.717, 1.165) is 16.6 Å². The van der Waals surface area contributed by atoms with Gasteiger partial charge in [-0.3, -0.25) is 11.3 Å². The molecule has 1 heterocycles. The van der Waals surface area contributed by atoms with Gasteiger partial charge in [-0.1, -0.05) is 0 Å². The molecule has 16 heavy (non-hydrogen) atoms. The number of hydrogen-bond acceptors (Lipinski definition) is 4. The van der Waals surface area contributed by atoms with Crippen molar-refractivity contribution in [2.45, 2.75) is 38.3 Å². The number of nitrogens with two attached hydrogens (primary N) is 1. The van der Waals surface area contributed by atoms with Gasteiger partial charge in [-0.15, -0.1) is 11.3 Å². The van der Waals surface area contributed by atoms with E-state index in [1.165, 1.54) is 4.88 Å². The molecule has 0 bridgehead atoms. The lowest BCUT2D eigenvalue weighted by Crippen LogP contribution is -2.42. The molecule has 0 spiro atoms. The minimum atomic E-state index is -0.147. The third-order valence-electron chi connectivity index (χ3n) is 2.60. The molecule has 1 rings (SSSR count). The van der Waals surface area contributed by atoms with Crippen LogP contribution in [0, 0.1) is 0 Å². The van der Waals surface area contributed by atoms with E-state index in [2.05, 4.69) is 47.3 Å². The predicted octanol–water partition coefficient (Wildman–Crippen LogP) is 2.70. The summed E-state index contributed by atoms with van der Waals surface area (Å²) >= 11 is 5.21. The summed E-state index contributed by atoms with van der Waals surface area (Å²) in [7, 11) is 1.73. The monoisotopic (exact) mass is 306 g/mol. The van der Waals surface area contributed by atoms with E-state index in [1.54, 1.807) is 18.4 Å². The Morgan fingerprint density at radius 2 is 2.25 bits per heavy atom. The molecule has 1 atom stereocenters. The van der Waals surface area contributed by atoms with Gasteiger partial charge in [0.15, 0.2) is 0 Å². The summed E-state index contributed by atoms with van der Waals surface area (Å²) in [5, 5.41) is 0. The summed E-state index contributed by atoms with van der Waals surface area (Å²) in [6.45, 7) is 4.14. The molecule has 0 saturated carbocycles. The van der Waals surface area contributed by atoms with Crippen LogP contribution in [-0.4, -0.2) is 18.8 Å². The van der Waals surface area contributed by atoms with Gasteiger partial charge >= 0.3 is 0 Å². The van der Waals surface area contributed by atoms with Gasteiger partial charge in [0.1, 0.15) is 0 Å². The average Bonchev–Trinajstić information content (AvgIpc) is 2.63. The van der Waals surface area contributed by atoms with E-state index in [9.17, 15) is 0 Å². The van der Waals surface area contributed by atoms with Crippen molar-refractivity contribution in [3.63, 3.8) is 0 Å². The van der Waals surface area contributed by atoms with Crippen LogP contribution in [0.15, 0.2) is 15.9 Å². The SMILES string of the molecule is COC(C)(C)CC(Cc1ccc(Br)s1)NN. The summed E-state index contributed by atoms with van der Waals surface area (Å²) in [6, 6.07) is 4.43. The Balaban J connectivity index is 2.55. The molecule has 1 aromatic rings. The number of rotatable bonds is 6. The van der Waals surface area contributed by atoms with Gasteiger partial charge in [-0.2, -0.15) is 0 Å². The fourth-order valence-corrected chi connectivity index (χ4v) is 3.13. The molecule has 0 amide bonds. The summed E-state index contributed by atoms with van der Waals surface area (Å²) in [4.78, 5) is 1.32. The molecule has 3 nitrogen and oxygen atoms in total. The molecular weight excluding hydrogens is 288 g/mol. The van der Waals surface area contributed by atoms with Gasteiger partial charge in [-0.05, 0) is 54.8 Å². The number of hydrogen-bond donors (Lipinski definition) is 2. The number of hydrazine groups is 1. The maximum absolute atomic E-state index is 5.58. The van der Waals surface area contributed by atoms with Crippen LogP contribution in [-0.2, 0) is 11.2 Å².